The molecule has 106 valence electrons. The summed E-state index contributed by atoms with van der Waals surface area (Å²) in [7, 11) is 0. The monoisotopic (exact) mass is 262 g/mol. The molecule has 0 saturated heterocycles. The molecule has 0 aliphatic heterocycles. The molecule has 0 heterocycles. The third kappa shape index (κ3) is 4.67. The number of carbonyl (C=O) groups excluding carboxylic acids is 1. The molecule has 0 spiro atoms. The van der Waals surface area contributed by atoms with Gasteiger partial charge in [0, 0.05) is 19.1 Å². The van der Waals surface area contributed by atoms with Gasteiger partial charge < -0.3 is 10.6 Å². The maximum absolute atomic E-state index is 12.6. The van der Waals surface area contributed by atoms with Crippen molar-refractivity contribution >= 4 is 5.91 Å². The summed E-state index contributed by atoms with van der Waals surface area (Å²) in [6.45, 7) is 7.42. The molecule has 1 unspecified atom stereocenters. The highest BCUT2D eigenvalue weighted by Gasteiger charge is 2.24. The minimum Gasteiger partial charge on any atom is -0.340 e. The number of benzene rings is 1. The van der Waals surface area contributed by atoms with E-state index >= 15 is 0 Å². The Kier molecular flexibility index (Phi) is 6.57. The highest BCUT2D eigenvalue weighted by molar-refractivity contribution is 5.79. The van der Waals surface area contributed by atoms with Crippen molar-refractivity contribution in [2.24, 2.45) is 11.7 Å². The molecule has 0 saturated carbocycles. The van der Waals surface area contributed by atoms with Crippen molar-refractivity contribution in [2.75, 3.05) is 13.1 Å². The third-order valence-corrected chi connectivity index (χ3v) is 3.33. The Hall–Kier alpha value is -1.35. The van der Waals surface area contributed by atoms with Crippen LogP contribution in [0.3, 0.4) is 0 Å². The fourth-order valence-corrected chi connectivity index (χ4v) is 2.27. The van der Waals surface area contributed by atoms with Crippen molar-refractivity contribution in [3.63, 3.8) is 0 Å². The molecule has 0 aliphatic carbocycles. The highest BCUT2D eigenvalue weighted by atomic mass is 16.2. The van der Waals surface area contributed by atoms with Crippen LogP contribution >= 0.6 is 0 Å². The quantitative estimate of drug-likeness (QED) is 0.820. The first-order valence-corrected chi connectivity index (χ1v) is 7.14. The summed E-state index contributed by atoms with van der Waals surface area (Å²) in [5.74, 6) is 0.0690. The van der Waals surface area contributed by atoms with Gasteiger partial charge in [0.05, 0.1) is 5.92 Å². The molecule has 2 N–H and O–H groups in total. The molecule has 1 rings (SSSR count). The molecule has 1 aromatic rings. The Morgan fingerprint density at radius 2 is 1.89 bits per heavy atom. The minimum atomic E-state index is -0.114. The highest BCUT2D eigenvalue weighted by Crippen LogP contribution is 2.13. The van der Waals surface area contributed by atoms with Crippen molar-refractivity contribution in [2.45, 2.75) is 39.7 Å². The van der Waals surface area contributed by atoms with Gasteiger partial charge in [-0.25, -0.2) is 0 Å². The average molecular weight is 262 g/mol. The van der Waals surface area contributed by atoms with Gasteiger partial charge in [-0.1, -0.05) is 37.3 Å². The van der Waals surface area contributed by atoms with Gasteiger partial charge in [-0.3, -0.25) is 4.79 Å². The molecule has 0 aliphatic rings. The molecule has 1 amide bonds. The van der Waals surface area contributed by atoms with Crippen molar-refractivity contribution < 1.29 is 4.79 Å². The van der Waals surface area contributed by atoms with Gasteiger partial charge in [0.25, 0.3) is 0 Å². The summed E-state index contributed by atoms with van der Waals surface area (Å²) in [6.07, 6.45) is 1.70. The van der Waals surface area contributed by atoms with E-state index in [1.807, 2.05) is 23.1 Å². The number of nitrogens with two attached hydrogens (primary N) is 1. The van der Waals surface area contributed by atoms with Gasteiger partial charge in [-0.05, 0) is 32.3 Å². The van der Waals surface area contributed by atoms with Crippen LogP contribution in [0.15, 0.2) is 30.3 Å². The van der Waals surface area contributed by atoms with E-state index in [4.69, 9.17) is 5.73 Å². The van der Waals surface area contributed by atoms with E-state index < -0.39 is 0 Å². The van der Waals surface area contributed by atoms with E-state index in [1.165, 1.54) is 5.56 Å². The fraction of sp³-hybridized carbons (Fsp3) is 0.562. The fourth-order valence-electron chi connectivity index (χ4n) is 2.27. The molecule has 3 nitrogen and oxygen atoms in total. The molecule has 0 fully saturated rings. The summed E-state index contributed by atoms with van der Waals surface area (Å²) in [5.41, 5.74) is 6.98. The van der Waals surface area contributed by atoms with E-state index in [2.05, 4.69) is 32.9 Å². The Morgan fingerprint density at radius 3 is 2.37 bits per heavy atom. The number of hydrogen-bond donors (Lipinski definition) is 1. The Bertz CT molecular complexity index is 376. The van der Waals surface area contributed by atoms with E-state index in [-0.39, 0.29) is 17.9 Å². The number of amides is 1. The second kappa shape index (κ2) is 7.95. The van der Waals surface area contributed by atoms with Crippen molar-refractivity contribution in [1.29, 1.82) is 0 Å². The van der Waals surface area contributed by atoms with Crippen LogP contribution in [0.2, 0.25) is 0 Å². The van der Waals surface area contributed by atoms with Crippen LogP contribution in [0.1, 0.15) is 32.8 Å². The predicted molar refractivity (Wildman–Crippen MR) is 79.8 cm³/mol. The van der Waals surface area contributed by atoms with Crippen LogP contribution in [0.4, 0.5) is 0 Å². The van der Waals surface area contributed by atoms with E-state index in [0.29, 0.717) is 6.54 Å². The van der Waals surface area contributed by atoms with E-state index in [1.54, 1.807) is 0 Å². The summed E-state index contributed by atoms with van der Waals surface area (Å²) in [6, 6.07) is 10.3. The largest absolute Gasteiger partial charge is 0.340 e. The standard InChI is InChI=1S/C16H26N2O/c1-4-10-18(13(2)3)16(19)15(12-17)11-14-8-6-5-7-9-14/h5-9,13,15H,4,10-12,17H2,1-3H3. The smallest absolute Gasteiger partial charge is 0.227 e. The first-order chi connectivity index (χ1) is 9.10. The average Bonchev–Trinajstić information content (AvgIpc) is 2.42. The zero-order valence-corrected chi connectivity index (χ0v) is 12.3. The lowest BCUT2D eigenvalue weighted by molar-refractivity contribution is -0.137. The molecule has 3 heteroatoms. The maximum atomic E-state index is 12.6. The first-order valence-electron chi connectivity index (χ1n) is 7.14. The van der Waals surface area contributed by atoms with Crippen molar-refractivity contribution in [3.05, 3.63) is 35.9 Å². The van der Waals surface area contributed by atoms with Crippen LogP contribution in [0, 0.1) is 5.92 Å². The van der Waals surface area contributed by atoms with Gasteiger partial charge in [0.1, 0.15) is 0 Å². The molecular formula is C16H26N2O. The first kappa shape index (κ1) is 15.7. The number of carbonyl (C=O) groups is 1. The topological polar surface area (TPSA) is 46.3 Å². The second-order valence-corrected chi connectivity index (χ2v) is 5.25. The van der Waals surface area contributed by atoms with Crippen molar-refractivity contribution in [1.82, 2.24) is 4.90 Å². The Morgan fingerprint density at radius 1 is 1.26 bits per heavy atom. The van der Waals surface area contributed by atoms with Gasteiger partial charge in [0.2, 0.25) is 5.91 Å². The second-order valence-electron chi connectivity index (χ2n) is 5.25. The zero-order valence-electron chi connectivity index (χ0n) is 12.3. The number of nitrogens with zero attached hydrogens (tertiary/aromatic N) is 1. The lowest BCUT2D eigenvalue weighted by Gasteiger charge is -2.30. The molecular weight excluding hydrogens is 236 g/mol. The van der Waals surface area contributed by atoms with Gasteiger partial charge in [-0.15, -0.1) is 0 Å². The van der Waals surface area contributed by atoms with Crippen molar-refractivity contribution in [3.8, 4) is 0 Å². The van der Waals surface area contributed by atoms with E-state index in [0.717, 1.165) is 19.4 Å². The van der Waals surface area contributed by atoms with Crippen LogP contribution in [0.5, 0.6) is 0 Å². The predicted octanol–water partition coefficient (Wildman–Crippen LogP) is 2.45. The van der Waals surface area contributed by atoms with Crippen LogP contribution in [-0.4, -0.2) is 29.9 Å². The van der Waals surface area contributed by atoms with Gasteiger partial charge >= 0.3 is 0 Å². The lowest BCUT2D eigenvalue weighted by Crippen LogP contribution is -2.44. The summed E-state index contributed by atoms with van der Waals surface area (Å²) >= 11 is 0. The summed E-state index contributed by atoms with van der Waals surface area (Å²) in [5, 5.41) is 0. The lowest BCUT2D eigenvalue weighted by atomic mass is 9.97. The molecule has 0 aromatic heterocycles. The number of rotatable bonds is 7. The van der Waals surface area contributed by atoms with Crippen LogP contribution in [-0.2, 0) is 11.2 Å². The number of hydrogen-bond acceptors (Lipinski definition) is 2. The SMILES string of the molecule is CCCN(C(=O)C(CN)Cc1ccccc1)C(C)C. The Balaban J connectivity index is 2.75. The van der Waals surface area contributed by atoms with Crippen LogP contribution < -0.4 is 5.73 Å². The molecule has 19 heavy (non-hydrogen) atoms. The van der Waals surface area contributed by atoms with Crippen LogP contribution in [0.25, 0.3) is 0 Å². The summed E-state index contributed by atoms with van der Waals surface area (Å²) < 4.78 is 0. The minimum absolute atomic E-state index is 0.114. The third-order valence-electron chi connectivity index (χ3n) is 3.33. The normalized spacial score (nSPS) is 12.5. The zero-order chi connectivity index (χ0) is 14.3. The summed E-state index contributed by atoms with van der Waals surface area (Å²) in [4.78, 5) is 14.5. The molecule has 0 bridgehead atoms. The van der Waals surface area contributed by atoms with Gasteiger partial charge in [0.15, 0.2) is 0 Å². The Labute approximate surface area is 116 Å². The molecule has 1 aromatic carbocycles. The molecule has 1 atom stereocenters. The van der Waals surface area contributed by atoms with Gasteiger partial charge in [-0.2, -0.15) is 0 Å². The maximum Gasteiger partial charge on any atom is 0.227 e. The molecule has 0 radical (unpaired) electrons. The van der Waals surface area contributed by atoms with E-state index in [9.17, 15) is 4.79 Å².